The van der Waals surface area contributed by atoms with Crippen molar-refractivity contribution >= 4 is 17.5 Å². The molecule has 29 heavy (non-hydrogen) atoms. The van der Waals surface area contributed by atoms with Gasteiger partial charge in [0.2, 0.25) is 5.91 Å². The van der Waals surface area contributed by atoms with Crippen LogP contribution in [0.3, 0.4) is 0 Å². The largest absolute Gasteiger partial charge is 0.460 e. The van der Waals surface area contributed by atoms with Crippen molar-refractivity contribution in [2.75, 3.05) is 32.8 Å². The van der Waals surface area contributed by atoms with Crippen LogP contribution in [0.2, 0.25) is 5.02 Å². The summed E-state index contributed by atoms with van der Waals surface area (Å²) in [6, 6.07) is 11.7. The van der Waals surface area contributed by atoms with Crippen molar-refractivity contribution in [2.45, 2.75) is 38.0 Å². The lowest BCUT2D eigenvalue weighted by Crippen LogP contribution is -2.45. The number of amides is 1. The Balaban J connectivity index is 1.39. The Hall–Kier alpha value is -1.86. The van der Waals surface area contributed by atoms with Crippen LogP contribution >= 0.6 is 11.6 Å². The van der Waals surface area contributed by atoms with Crippen LogP contribution in [0.15, 0.2) is 40.8 Å². The van der Waals surface area contributed by atoms with E-state index in [0.717, 1.165) is 43.0 Å². The highest BCUT2D eigenvalue weighted by Gasteiger charge is 2.43. The minimum Gasteiger partial charge on any atom is -0.460 e. The number of furan rings is 1. The predicted molar refractivity (Wildman–Crippen MR) is 111 cm³/mol. The maximum Gasteiger partial charge on any atom is 0.216 e. The van der Waals surface area contributed by atoms with E-state index in [9.17, 15) is 4.79 Å². The number of benzene rings is 1. The smallest absolute Gasteiger partial charge is 0.216 e. The zero-order valence-electron chi connectivity index (χ0n) is 16.7. The van der Waals surface area contributed by atoms with E-state index < -0.39 is 0 Å². The lowest BCUT2D eigenvalue weighted by molar-refractivity contribution is -0.121. The second kappa shape index (κ2) is 8.88. The van der Waals surface area contributed by atoms with Crippen molar-refractivity contribution in [1.29, 1.82) is 0 Å². The van der Waals surface area contributed by atoms with E-state index in [1.165, 1.54) is 6.92 Å². The average molecular weight is 419 g/mol. The number of nitrogens with zero attached hydrogens (tertiary/aromatic N) is 1. The summed E-state index contributed by atoms with van der Waals surface area (Å²) in [6.45, 7) is 5.68. The highest BCUT2D eigenvalue weighted by atomic mass is 35.5. The van der Waals surface area contributed by atoms with Crippen LogP contribution in [0.4, 0.5) is 0 Å². The maximum atomic E-state index is 11.2. The summed E-state index contributed by atoms with van der Waals surface area (Å²) >= 11 is 5.97. The number of nitrogens with one attached hydrogen (secondary N) is 1. The van der Waals surface area contributed by atoms with Gasteiger partial charge in [-0.3, -0.25) is 9.69 Å². The topological polar surface area (TPSA) is 63.9 Å². The first-order chi connectivity index (χ1) is 14.0. The van der Waals surface area contributed by atoms with Crippen LogP contribution in [-0.2, 0) is 20.8 Å². The SMILES string of the molecule is CC(=O)NC[C@@H]1CC[C@]2(COCCN(Cc3ccc(-c4ccc(Cl)cc4)o3)C2)O1. The van der Waals surface area contributed by atoms with Gasteiger partial charge in [0.1, 0.15) is 17.1 Å². The molecule has 3 heterocycles. The lowest BCUT2D eigenvalue weighted by atomic mass is 10.00. The molecule has 1 amide bonds. The Morgan fingerprint density at radius 3 is 2.90 bits per heavy atom. The van der Waals surface area contributed by atoms with Crippen molar-refractivity contribution in [3.8, 4) is 11.3 Å². The standard InChI is InChI=1S/C22H27ClN2O4/c1-16(26)24-12-19-8-9-22(29-19)14-25(10-11-27-15-22)13-20-6-7-21(28-20)17-2-4-18(23)5-3-17/h2-7,19H,8-15H2,1H3,(H,24,26)/t19-,22-/m0/s1. The maximum absolute atomic E-state index is 11.2. The highest BCUT2D eigenvalue weighted by Crippen LogP contribution is 2.33. The van der Waals surface area contributed by atoms with Gasteiger partial charge in [-0.15, -0.1) is 0 Å². The molecule has 1 aromatic carbocycles. The third kappa shape index (κ3) is 5.20. The monoisotopic (exact) mass is 418 g/mol. The number of carbonyl (C=O) groups is 1. The van der Waals surface area contributed by atoms with Crippen LogP contribution in [-0.4, -0.2) is 55.4 Å². The Morgan fingerprint density at radius 2 is 2.10 bits per heavy atom. The Morgan fingerprint density at radius 1 is 1.28 bits per heavy atom. The van der Waals surface area contributed by atoms with Gasteiger partial charge < -0.3 is 19.2 Å². The number of halogens is 1. The molecule has 6 nitrogen and oxygen atoms in total. The molecule has 2 fully saturated rings. The molecule has 1 N–H and O–H groups in total. The van der Waals surface area contributed by atoms with Crippen molar-refractivity contribution in [3.63, 3.8) is 0 Å². The molecule has 0 unspecified atom stereocenters. The van der Waals surface area contributed by atoms with E-state index in [1.807, 2.05) is 36.4 Å². The lowest BCUT2D eigenvalue weighted by Gasteiger charge is -2.31. The second-order valence-electron chi connectivity index (χ2n) is 7.93. The summed E-state index contributed by atoms with van der Waals surface area (Å²) in [6.07, 6.45) is 1.91. The van der Waals surface area contributed by atoms with Crippen molar-refractivity contribution < 1.29 is 18.7 Å². The molecule has 2 aromatic rings. The summed E-state index contributed by atoms with van der Waals surface area (Å²) in [5, 5.41) is 3.57. The van der Waals surface area contributed by atoms with Crippen LogP contribution < -0.4 is 5.32 Å². The molecule has 1 aromatic heterocycles. The minimum absolute atomic E-state index is 0.0254. The van der Waals surface area contributed by atoms with E-state index in [0.29, 0.717) is 31.3 Å². The predicted octanol–water partition coefficient (Wildman–Crippen LogP) is 3.49. The highest BCUT2D eigenvalue weighted by molar-refractivity contribution is 6.30. The summed E-state index contributed by atoms with van der Waals surface area (Å²) in [4.78, 5) is 13.5. The van der Waals surface area contributed by atoms with Gasteiger partial charge >= 0.3 is 0 Å². The molecule has 2 aliphatic heterocycles. The first kappa shape index (κ1) is 20.4. The quantitative estimate of drug-likeness (QED) is 0.805. The number of ether oxygens (including phenoxy) is 2. The summed E-state index contributed by atoms with van der Waals surface area (Å²) in [7, 11) is 0. The zero-order valence-corrected chi connectivity index (χ0v) is 17.4. The van der Waals surface area contributed by atoms with E-state index >= 15 is 0 Å². The molecular weight excluding hydrogens is 392 g/mol. The second-order valence-corrected chi connectivity index (χ2v) is 8.37. The first-order valence-corrected chi connectivity index (χ1v) is 10.5. The molecule has 0 aliphatic carbocycles. The van der Waals surface area contributed by atoms with Crippen LogP contribution in [0.1, 0.15) is 25.5 Å². The molecule has 2 saturated heterocycles. The molecule has 0 saturated carbocycles. The Bertz CT molecular complexity index is 838. The van der Waals surface area contributed by atoms with E-state index in [-0.39, 0.29) is 17.6 Å². The summed E-state index contributed by atoms with van der Waals surface area (Å²) in [5.74, 6) is 1.73. The summed E-state index contributed by atoms with van der Waals surface area (Å²) in [5.41, 5.74) is 0.696. The van der Waals surface area contributed by atoms with E-state index in [4.69, 9.17) is 25.5 Å². The Kier molecular flexibility index (Phi) is 6.25. The van der Waals surface area contributed by atoms with Gasteiger partial charge in [-0.1, -0.05) is 11.6 Å². The fourth-order valence-electron chi connectivity index (χ4n) is 4.09. The van der Waals surface area contributed by atoms with Gasteiger partial charge in [-0.25, -0.2) is 0 Å². The third-order valence-corrected chi connectivity index (χ3v) is 5.77. The van der Waals surface area contributed by atoms with E-state index in [2.05, 4.69) is 10.2 Å². The van der Waals surface area contributed by atoms with Gasteiger partial charge in [-0.05, 0) is 49.2 Å². The summed E-state index contributed by atoms with van der Waals surface area (Å²) < 4.78 is 18.3. The van der Waals surface area contributed by atoms with Crippen molar-refractivity contribution in [2.24, 2.45) is 0 Å². The van der Waals surface area contributed by atoms with Gasteiger partial charge in [-0.2, -0.15) is 0 Å². The minimum atomic E-state index is -0.314. The fourth-order valence-corrected chi connectivity index (χ4v) is 4.22. The first-order valence-electron chi connectivity index (χ1n) is 10.1. The number of hydrogen-bond acceptors (Lipinski definition) is 5. The van der Waals surface area contributed by atoms with Crippen LogP contribution in [0.25, 0.3) is 11.3 Å². The van der Waals surface area contributed by atoms with Gasteiger partial charge in [0, 0.05) is 37.1 Å². The molecule has 2 atom stereocenters. The fraction of sp³-hybridized carbons (Fsp3) is 0.500. The molecule has 0 bridgehead atoms. The zero-order chi connectivity index (χ0) is 20.3. The number of carbonyl (C=O) groups excluding carboxylic acids is 1. The van der Waals surface area contributed by atoms with Crippen molar-refractivity contribution in [1.82, 2.24) is 10.2 Å². The van der Waals surface area contributed by atoms with Gasteiger partial charge in [0.15, 0.2) is 0 Å². The molecule has 4 rings (SSSR count). The van der Waals surface area contributed by atoms with Crippen molar-refractivity contribution in [3.05, 3.63) is 47.2 Å². The molecular formula is C22H27ClN2O4. The third-order valence-electron chi connectivity index (χ3n) is 5.52. The molecule has 0 radical (unpaired) electrons. The van der Waals surface area contributed by atoms with E-state index in [1.54, 1.807) is 0 Å². The Labute approximate surface area is 176 Å². The van der Waals surface area contributed by atoms with Gasteiger partial charge in [0.05, 0.1) is 25.9 Å². The van der Waals surface area contributed by atoms with Crippen LogP contribution in [0, 0.1) is 0 Å². The molecule has 156 valence electrons. The normalized spacial score (nSPS) is 25.2. The molecule has 7 heteroatoms. The van der Waals surface area contributed by atoms with Crippen LogP contribution in [0.5, 0.6) is 0 Å². The average Bonchev–Trinajstić information content (AvgIpc) is 3.26. The molecule has 1 spiro atoms. The number of hydrogen-bond donors (Lipinski definition) is 1. The molecule has 2 aliphatic rings. The number of rotatable bonds is 5. The van der Waals surface area contributed by atoms with Gasteiger partial charge in [0.25, 0.3) is 0 Å².